The van der Waals surface area contributed by atoms with E-state index in [-0.39, 0.29) is 6.04 Å². The Labute approximate surface area is 125 Å². The van der Waals surface area contributed by atoms with Crippen LogP contribution in [0.1, 0.15) is 25.0 Å². The summed E-state index contributed by atoms with van der Waals surface area (Å²) in [4.78, 5) is 3.99. The Bertz CT molecular complexity index is 556. The number of aromatic nitrogens is 1. The van der Waals surface area contributed by atoms with Crippen molar-refractivity contribution in [2.45, 2.75) is 32.9 Å². The van der Waals surface area contributed by atoms with Crippen LogP contribution in [0.15, 0.2) is 42.7 Å². The third-order valence-corrected chi connectivity index (χ3v) is 3.01. The first-order valence-corrected chi connectivity index (χ1v) is 7.22. The van der Waals surface area contributed by atoms with Crippen LogP contribution in [0.3, 0.4) is 0 Å². The van der Waals surface area contributed by atoms with Crippen molar-refractivity contribution >= 4 is 0 Å². The Balaban J connectivity index is 2.10. The monoisotopic (exact) mass is 286 g/mol. The second-order valence-corrected chi connectivity index (χ2v) is 5.04. The maximum atomic E-state index is 5.85. The van der Waals surface area contributed by atoms with Crippen molar-refractivity contribution in [1.29, 1.82) is 0 Å². The lowest BCUT2D eigenvalue weighted by atomic mass is 10.1. The van der Waals surface area contributed by atoms with Gasteiger partial charge in [0.25, 0.3) is 0 Å². The minimum Gasteiger partial charge on any atom is -0.490 e. The van der Waals surface area contributed by atoms with Gasteiger partial charge in [0.15, 0.2) is 11.5 Å². The number of nitrogens with two attached hydrogens (primary N) is 1. The molecule has 2 aromatic rings. The highest BCUT2D eigenvalue weighted by Gasteiger charge is 2.08. The topological polar surface area (TPSA) is 57.4 Å². The summed E-state index contributed by atoms with van der Waals surface area (Å²) >= 11 is 0. The van der Waals surface area contributed by atoms with E-state index in [4.69, 9.17) is 15.2 Å². The maximum absolute atomic E-state index is 5.85. The van der Waals surface area contributed by atoms with Crippen molar-refractivity contribution in [2.24, 2.45) is 5.73 Å². The fourth-order valence-electron chi connectivity index (χ4n) is 2.08. The Morgan fingerprint density at radius 3 is 2.48 bits per heavy atom. The SMILES string of the molecule is CCOc1cc(CC(C)N)ccc1OCc1ccncc1. The smallest absolute Gasteiger partial charge is 0.161 e. The average molecular weight is 286 g/mol. The molecular weight excluding hydrogens is 264 g/mol. The van der Waals surface area contributed by atoms with Crippen LogP contribution in [0.4, 0.5) is 0 Å². The molecule has 1 unspecified atom stereocenters. The molecule has 21 heavy (non-hydrogen) atoms. The molecule has 0 amide bonds. The van der Waals surface area contributed by atoms with Gasteiger partial charge in [-0.2, -0.15) is 0 Å². The van der Waals surface area contributed by atoms with Gasteiger partial charge in [-0.3, -0.25) is 4.98 Å². The summed E-state index contributed by atoms with van der Waals surface area (Å²) < 4.78 is 11.5. The first-order valence-electron chi connectivity index (χ1n) is 7.22. The molecule has 2 rings (SSSR count). The molecule has 0 saturated carbocycles. The van der Waals surface area contributed by atoms with E-state index in [2.05, 4.69) is 4.98 Å². The molecule has 0 aliphatic heterocycles. The molecule has 0 spiro atoms. The van der Waals surface area contributed by atoms with Crippen LogP contribution in [0.5, 0.6) is 11.5 Å². The van der Waals surface area contributed by atoms with E-state index in [0.29, 0.717) is 13.2 Å². The summed E-state index contributed by atoms with van der Waals surface area (Å²) in [6.07, 6.45) is 4.34. The Kier molecular flexibility index (Phi) is 5.58. The molecule has 4 heteroatoms. The molecule has 0 aliphatic carbocycles. The molecule has 0 saturated heterocycles. The van der Waals surface area contributed by atoms with Gasteiger partial charge >= 0.3 is 0 Å². The number of ether oxygens (including phenoxy) is 2. The molecule has 4 nitrogen and oxygen atoms in total. The zero-order valence-electron chi connectivity index (χ0n) is 12.6. The fraction of sp³-hybridized carbons (Fsp3) is 0.353. The largest absolute Gasteiger partial charge is 0.490 e. The number of benzene rings is 1. The number of nitrogens with zero attached hydrogens (tertiary/aromatic N) is 1. The number of hydrogen-bond donors (Lipinski definition) is 1. The highest BCUT2D eigenvalue weighted by Crippen LogP contribution is 2.29. The van der Waals surface area contributed by atoms with Gasteiger partial charge < -0.3 is 15.2 Å². The van der Waals surface area contributed by atoms with Gasteiger partial charge in [-0.25, -0.2) is 0 Å². The summed E-state index contributed by atoms with van der Waals surface area (Å²) in [5, 5.41) is 0. The summed E-state index contributed by atoms with van der Waals surface area (Å²) in [5.41, 5.74) is 8.08. The minimum atomic E-state index is 0.128. The van der Waals surface area contributed by atoms with Crippen molar-refractivity contribution in [3.05, 3.63) is 53.9 Å². The van der Waals surface area contributed by atoms with Crippen LogP contribution < -0.4 is 15.2 Å². The Hall–Kier alpha value is -2.07. The second kappa shape index (κ2) is 7.64. The fourth-order valence-corrected chi connectivity index (χ4v) is 2.08. The van der Waals surface area contributed by atoms with E-state index in [1.165, 1.54) is 0 Å². The van der Waals surface area contributed by atoms with Crippen LogP contribution in [0.25, 0.3) is 0 Å². The molecule has 2 N–H and O–H groups in total. The summed E-state index contributed by atoms with van der Waals surface area (Å²) in [6.45, 7) is 5.06. The van der Waals surface area contributed by atoms with Crippen molar-refractivity contribution in [1.82, 2.24) is 4.98 Å². The Morgan fingerprint density at radius 1 is 1.05 bits per heavy atom. The summed E-state index contributed by atoms with van der Waals surface area (Å²) in [6, 6.07) is 9.99. The molecule has 1 aromatic heterocycles. The van der Waals surface area contributed by atoms with Gasteiger partial charge in [-0.05, 0) is 55.7 Å². The first kappa shape index (κ1) is 15.3. The molecule has 0 aliphatic rings. The summed E-state index contributed by atoms with van der Waals surface area (Å²) in [5.74, 6) is 1.52. The normalized spacial score (nSPS) is 12.0. The van der Waals surface area contributed by atoms with E-state index in [1.807, 2.05) is 44.2 Å². The van der Waals surface area contributed by atoms with E-state index in [0.717, 1.165) is 29.0 Å². The van der Waals surface area contributed by atoms with Gasteiger partial charge in [-0.1, -0.05) is 6.07 Å². The molecule has 112 valence electrons. The molecular formula is C17H22N2O2. The standard InChI is InChI=1S/C17H22N2O2/c1-3-20-17-11-15(10-13(2)18)4-5-16(17)21-12-14-6-8-19-9-7-14/h4-9,11,13H,3,10,12,18H2,1-2H3. The molecule has 1 aromatic carbocycles. The Morgan fingerprint density at radius 2 is 1.81 bits per heavy atom. The first-order chi connectivity index (χ1) is 10.2. The van der Waals surface area contributed by atoms with E-state index in [1.54, 1.807) is 12.4 Å². The van der Waals surface area contributed by atoms with Crippen LogP contribution >= 0.6 is 0 Å². The molecule has 1 atom stereocenters. The lowest BCUT2D eigenvalue weighted by molar-refractivity contribution is 0.269. The van der Waals surface area contributed by atoms with Crippen molar-refractivity contribution in [3.8, 4) is 11.5 Å². The highest BCUT2D eigenvalue weighted by molar-refractivity contribution is 5.43. The minimum absolute atomic E-state index is 0.128. The van der Waals surface area contributed by atoms with Gasteiger partial charge in [0.2, 0.25) is 0 Å². The third kappa shape index (κ3) is 4.76. The van der Waals surface area contributed by atoms with Crippen molar-refractivity contribution in [3.63, 3.8) is 0 Å². The third-order valence-electron chi connectivity index (χ3n) is 3.01. The number of pyridine rings is 1. The van der Waals surface area contributed by atoms with Crippen LogP contribution in [-0.2, 0) is 13.0 Å². The molecule has 0 fully saturated rings. The quantitative estimate of drug-likeness (QED) is 0.850. The maximum Gasteiger partial charge on any atom is 0.161 e. The van der Waals surface area contributed by atoms with Crippen LogP contribution in [-0.4, -0.2) is 17.6 Å². The predicted octanol–water partition coefficient (Wildman–Crippen LogP) is 2.95. The molecule has 0 bridgehead atoms. The lowest BCUT2D eigenvalue weighted by Gasteiger charge is -2.14. The van der Waals surface area contributed by atoms with E-state index >= 15 is 0 Å². The number of hydrogen-bond acceptors (Lipinski definition) is 4. The van der Waals surface area contributed by atoms with Gasteiger partial charge in [0.05, 0.1) is 6.61 Å². The van der Waals surface area contributed by atoms with Crippen molar-refractivity contribution in [2.75, 3.05) is 6.61 Å². The summed E-state index contributed by atoms with van der Waals surface area (Å²) in [7, 11) is 0. The van der Waals surface area contributed by atoms with Gasteiger partial charge in [0, 0.05) is 18.4 Å². The van der Waals surface area contributed by atoms with Crippen molar-refractivity contribution < 1.29 is 9.47 Å². The predicted molar refractivity (Wildman–Crippen MR) is 83.5 cm³/mol. The van der Waals surface area contributed by atoms with E-state index in [9.17, 15) is 0 Å². The van der Waals surface area contributed by atoms with Gasteiger partial charge in [-0.15, -0.1) is 0 Å². The molecule has 1 heterocycles. The number of rotatable bonds is 7. The van der Waals surface area contributed by atoms with Gasteiger partial charge in [0.1, 0.15) is 6.61 Å². The zero-order valence-corrected chi connectivity index (χ0v) is 12.6. The van der Waals surface area contributed by atoms with E-state index < -0.39 is 0 Å². The average Bonchev–Trinajstić information content (AvgIpc) is 2.47. The lowest BCUT2D eigenvalue weighted by Crippen LogP contribution is -2.17. The second-order valence-electron chi connectivity index (χ2n) is 5.04. The molecule has 0 radical (unpaired) electrons. The zero-order chi connectivity index (χ0) is 15.1. The van der Waals surface area contributed by atoms with Crippen LogP contribution in [0, 0.1) is 0 Å². The highest BCUT2D eigenvalue weighted by atomic mass is 16.5. The van der Waals surface area contributed by atoms with Crippen LogP contribution in [0.2, 0.25) is 0 Å².